The molecule has 1 atom stereocenters. The van der Waals surface area contributed by atoms with E-state index in [0.29, 0.717) is 6.54 Å². The van der Waals surface area contributed by atoms with Gasteiger partial charge in [0.1, 0.15) is 0 Å². The molecular formula is C20H23BrN2O2. The average molecular weight is 403 g/mol. The zero-order chi connectivity index (χ0) is 18.1. The van der Waals surface area contributed by atoms with Crippen LogP contribution in [0, 0.1) is 0 Å². The van der Waals surface area contributed by atoms with Gasteiger partial charge in [0.15, 0.2) is 0 Å². The molecule has 132 valence electrons. The van der Waals surface area contributed by atoms with Crippen molar-refractivity contribution in [2.75, 3.05) is 6.54 Å². The van der Waals surface area contributed by atoms with Crippen molar-refractivity contribution in [2.45, 2.75) is 32.2 Å². The summed E-state index contributed by atoms with van der Waals surface area (Å²) >= 11 is 3.43. The molecule has 4 nitrogen and oxygen atoms in total. The van der Waals surface area contributed by atoms with Crippen molar-refractivity contribution in [3.05, 3.63) is 70.2 Å². The highest BCUT2D eigenvalue weighted by Crippen LogP contribution is 2.23. The molecule has 0 spiro atoms. The Hall–Kier alpha value is -2.14. The maximum absolute atomic E-state index is 12.3. The van der Waals surface area contributed by atoms with Crippen molar-refractivity contribution >= 4 is 27.7 Å². The number of hydrogen-bond acceptors (Lipinski definition) is 2. The quantitative estimate of drug-likeness (QED) is 0.701. The van der Waals surface area contributed by atoms with Gasteiger partial charge in [-0.15, -0.1) is 0 Å². The first-order valence-corrected chi connectivity index (χ1v) is 9.26. The van der Waals surface area contributed by atoms with Gasteiger partial charge in [0.25, 0.3) is 0 Å². The monoisotopic (exact) mass is 402 g/mol. The molecule has 2 aromatic rings. The van der Waals surface area contributed by atoms with Gasteiger partial charge in [-0.3, -0.25) is 9.59 Å². The Morgan fingerprint density at radius 2 is 1.52 bits per heavy atom. The Kier molecular flexibility index (Phi) is 7.67. The third kappa shape index (κ3) is 6.35. The molecule has 0 aliphatic rings. The second-order valence-electron chi connectivity index (χ2n) is 5.81. The molecule has 1 unspecified atom stereocenters. The minimum atomic E-state index is -0.236. The Bertz CT molecular complexity index is 687. The van der Waals surface area contributed by atoms with Gasteiger partial charge in [-0.2, -0.15) is 0 Å². The highest BCUT2D eigenvalue weighted by Gasteiger charge is 2.17. The number of halogens is 1. The van der Waals surface area contributed by atoms with Crippen molar-refractivity contribution < 1.29 is 9.59 Å². The van der Waals surface area contributed by atoms with Crippen molar-refractivity contribution in [2.24, 2.45) is 0 Å². The summed E-state index contributed by atoms with van der Waals surface area (Å²) in [6.07, 6.45) is 1.26. The molecule has 0 saturated carbocycles. The molecule has 0 aliphatic heterocycles. The van der Waals surface area contributed by atoms with Crippen LogP contribution < -0.4 is 10.6 Å². The van der Waals surface area contributed by atoms with E-state index < -0.39 is 0 Å². The summed E-state index contributed by atoms with van der Waals surface area (Å²) in [5, 5.41) is 5.83. The minimum absolute atomic E-state index is 0.0862. The fourth-order valence-corrected chi connectivity index (χ4v) is 2.74. The molecule has 0 saturated heterocycles. The Labute approximate surface area is 157 Å². The van der Waals surface area contributed by atoms with Crippen LogP contribution in [-0.2, 0) is 9.59 Å². The second-order valence-corrected chi connectivity index (χ2v) is 6.73. The fraction of sp³-hybridized carbons (Fsp3) is 0.300. The summed E-state index contributed by atoms with van der Waals surface area (Å²) < 4.78 is 0.988. The number of carbonyl (C=O) groups is 2. The van der Waals surface area contributed by atoms with Crippen LogP contribution >= 0.6 is 15.9 Å². The summed E-state index contributed by atoms with van der Waals surface area (Å²) in [5.74, 6) is -0.222. The summed E-state index contributed by atoms with van der Waals surface area (Å²) in [7, 11) is 0. The van der Waals surface area contributed by atoms with Crippen LogP contribution in [0.5, 0.6) is 0 Å². The SMILES string of the molecule is CCCNC(=O)CCC(=O)NC(c1ccccc1)c1ccc(Br)cc1. The van der Waals surface area contributed by atoms with Crippen molar-refractivity contribution in [3.63, 3.8) is 0 Å². The predicted molar refractivity (Wildman–Crippen MR) is 103 cm³/mol. The largest absolute Gasteiger partial charge is 0.356 e. The molecule has 2 rings (SSSR count). The lowest BCUT2D eigenvalue weighted by Crippen LogP contribution is -2.31. The first-order valence-electron chi connectivity index (χ1n) is 8.46. The van der Waals surface area contributed by atoms with E-state index in [0.717, 1.165) is 22.0 Å². The van der Waals surface area contributed by atoms with Crippen LogP contribution in [0.15, 0.2) is 59.1 Å². The van der Waals surface area contributed by atoms with E-state index in [-0.39, 0.29) is 30.7 Å². The van der Waals surface area contributed by atoms with Crippen LogP contribution in [0.2, 0.25) is 0 Å². The molecule has 5 heteroatoms. The normalized spacial score (nSPS) is 11.6. The smallest absolute Gasteiger partial charge is 0.221 e. The molecule has 0 aromatic heterocycles. The first kappa shape index (κ1) is 19.2. The molecule has 2 aromatic carbocycles. The Morgan fingerprint density at radius 3 is 2.16 bits per heavy atom. The van der Waals surface area contributed by atoms with Gasteiger partial charge in [0.2, 0.25) is 11.8 Å². The van der Waals surface area contributed by atoms with Crippen LogP contribution in [0.25, 0.3) is 0 Å². The highest BCUT2D eigenvalue weighted by atomic mass is 79.9. The summed E-state index contributed by atoms with van der Waals surface area (Å²) in [6, 6.07) is 17.5. The molecule has 2 N–H and O–H groups in total. The number of amides is 2. The van der Waals surface area contributed by atoms with E-state index >= 15 is 0 Å². The maximum Gasteiger partial charge on any atom is 0.221 e. The molecule has 2 amide bonds. The van der Waals surface area contributed by atoms with Crippen molar-refractivity contribution in [3.8, 4) is 0 Å². The van der Waals surface area contributed by atoms with Crippen LogP contribution in [0.4, 0.5) is 0 Å². The van der Waals surface area contributed by atoms with Gasteiger partial charge >= 0.3 is 0 Å². The highest BCUT2D eigenvalue weighted by molar-refractivity contribution is 9.10. The Morgan fingerprint density at radius 1 is 0.920 bits per heavy atom. The van der Waals surface area contributed by atoms with Crippen LogP contribution in [0.1, 0.15) is 43.4 Å². The zero-order valence-electron chi connectivity index (χ0n) is 14.3. The minimum Gasteiger partial charge on any atom is -0.356 e. The molecule has 0 aliphatic carbocycles. The third-order valence-electron chi connectivity index (χ3n) is 3.79. The van der Waals surface area contributed by atoms with E-state index in [2.05, 4.69) is 26.6 Å². The van der Waals surface area contributed by atoms with E-state index in [9.17, 15) is 9.59 Å². The van der Waals surface area contributed by atoms with E-state index in [1.165, 1.54) is 0 Å². The van der Waals surface area contributed by atoms with Gasteiger partial charge in [0.05, 0.1) is 6.04 Å². The van der Waals surface area contributed by atoms with Gasteiger partial charge in [-0.25, -0.2) is 0 Å². The zero-order valence-corrected chi connectivity index (χ0v) is 15.9. The number of benzene rings is 2. The number of rotatable bonds is 8. The van der Waals surface area contributed by atoms with Crippen molar-refractivity contribution in [1.82, 2.24) is 10.6 Å². The topological polar surface area (TPSA) is 58.2 Å². The third-order valence-corrected chi connectivity index (χ3v) is 4.32. The lowest BCUT2D eigenvalue weighted by Gasteiger charge is -2.20. The summed E-state index contributed by atoms with van der Waals surface area (Å²) in [6.45, 7) is 2.64. The van der Waals surface area contributed by atoms with E-state index in [1.54, 1.807) is 0 Å². The molecular weight excluding hydrogens is 380 g/mol. The number of nitrogens with one attached hydrogen (secondary N) is 2. The lowest BCUT2D eigenvalue weighted by atomic mass is 9.98. The molecule has 0 heterocycles. The Balaban J connectivity index is 2.05. The molecule has 0 radical (unpaired) electrons. The van der Waals surface area contributed by atoms with Gasteiger partial charge in [-0.1, -0.05) is 65.3 Å². The maximum atomic E-state index is 12.3. The van der Waals surface area contributed by atoms with E-state index in [4.69, 9.17) is 0 Å². The fourth-order valence-electron chi connectivity index (χ4n) is 2.47. The van der Waals surface area contributed by atoms with Crippen molar-refractivity contribution in [1.29, 1.82) is 0 Å². The second kappa shape index (κ2) is 9.99. The van der Waals surface area contributed by atoms with Crippen LogP contribution in [-0.4, -0.2) is 18.4 Å². The number of hydrogen-bond donors (Lipinski definition) is 2. The van der Waals surface area contributed by atoms with Crippen LogP contribution in [0.3, 0.4) is 0 Å². The van der Waals surface area contributed by atoms with Gasteiger partial charge in [0, 0.05) is 23.9 Å². The standard InChI is InChI=1S/C20H23BrN2O2/c1-2-14-22-18(24)12-13-19(25)23-20(15-6-4-3-5-7-15)16-8-10-17(21)11-9-16/h3-11,20H,2,12-14H2,1H3,(H,22,24)(H,23,25). The lowest BCUT2D eigenvalue weighted by molar-refractivity contribution is -0.126. The average Bonchev–Trinajstić information content (AvgIpc) is 2.64. The molecule has 25 heavy (non-hydrogen) atoms. The summed E-state index contributed by atoms with van der Waals surface area (Å²) in [4.78, 5) is 24.0. The molecule has 0 fully saturated rings. The predicted octanol–water partition coefficient (Wildman–Crippen LogP) is 3.96. The summed E-state index contributed by atoms with van der Waals surface area (Å²) in [5.41, 5.74) is 2.01. The van der Waals surface area contributed by atoms with E-state index in [1.807, 2.05) is 61.5 Å². The molecule has 0 bridgehead atoms. The van der Waals surface area contributed by atoms with Gasteiger partial charge < -0.3 is 10.6 Å². The number of carbonyl (C=O) groups excluding carboxylic acids is 2. The van der Waals surface area contributed by atoms with Gasteiger partial charge in [-0.05, 0) is 29.7 Å². The first-order chi connectivity index (χ1) is 12.1.